The third kappa shape index (κ3) is 6.37. The van der Waals surface area contributed by atoms with Crippen molar-refractivity contribution >= 4 is 41.3 Å². The number of nitrogens with one attached hydrogen (secondary N) is 2. The Morgan fingerprint density at radius 3 is 2.39 bits per heavy atom. The molecule has 8 nitrogen and oxygen atoms in total. The van der Waals surface area contributed by atoms with Gasteiger partial charge in [-0.25, -0.2) is 14.6 Å². The summed E-state index contributed by atoms with van der Waals surface area (Å²) in [5.41, 5.74) is 2.70. The van der Waals surface area contributed by atoms with Gasteiger partial charge in [-0.15, -0.1) is 0 Å². The quantitative estimate of drug-likeness (QED) is 0.188. The van der Waals surface area contributed by atoms with E-state index in [4.69, 9.17) is 21.1 Å². The molecular weight excluding hydrogens is 453 g/mol. The topological polar surface area (TPSA) is 106 Å². The number of rotatable bonds is 6. The molecule has 0 heterocycles. The van der Waals surface area contributed by atoms with Gasteiger partial charge < -0.3 is 14.8 Å². The first-order valence-electron chi connectivity index (χ1n) is 9.42. The second-order valence-electron chi connectivity index (χ2n) is 6.44. The maximum absolute atomic E-state index is 13.6. The number of hydrogen-bond donors (Lipinski definition) is 2. The maximum Gasteiger partial charge on any atom is 0.343 e. The van der Waals surface area contributed by atoms with Crippen molar-refractivity contribution in [1.29, 1.82) is 0 Å². The Bertz CT molecular complexity index is 1210. The van der Waals surface area contributed by atoms with Crippen LogP contribution in [0.1, 0.15) is 15.9 Å². The van der Waals surface area contributed by atoms with E-state index in [0.29, 0.717) is 16.1 Å². The number of carbonyl (C=O) groups is 3. The van der Waals surface area contributed by atoms with Crippen LogP contribution in [0.15, 0.2) is 71.8 Å². The van der Waals surface area contributed by atoms with Crippen LogP contribution < -0.4 is 20.2 Å². The molecule has 0 radical (unpaired) electrons. The molecule has 33 heavy (non-hydrogen) atoms. The molecule has 0 saturated carbocycles. The van der Waals surface area contributed by atoms with Crippen LogP contribution in [0.3, 0.4) is 0 Å². The number of para-hydroxylation sites is 1. The molecule has 0 aromatic heterocycles. The van der Waals surface area contributed by atoms with Crippen LogP contribution in [0.4, 0.5) is 10.1 Å². The monoisotopic (exact) mass is 469 g/mol. The van der Waals surface area contributed by atoms with Crippen molar-refractivity contribution in [3.05, 3.63) is 88.7 Å². The van der Waals surface area contributed by atoms with Gasteiger partial charge >= 0.3 is 17.8 Å². The highest BCUT2D eigenvalue weighted by Gasteiger charge is 2.15. The van der Waals surface area contributed by atoms with Gasteiger partial charge in [0.1, 0.15) is 5.82 Å². The molecule has 3 aromatic rings. The van der Waals surface area contributed by atoms with Gasteiger partial charge in [0.25, 0.3) is 0 Å². The number of carbonyl (C=O) groups excluding carboxylic acids is 3. The van der Waals surface area contributed by atoms with E-state index in [0.717, 1.165) is 6.07 Å². The Kier molecular flexibility index (Phi) is 7.72. The lowest BCUT2D eigenvalue weighted by molar-refractivity contribution is -0.136. The van der Waals surface area contributed by atoms with E-state index in [-0.39, 0.29) is 17.2 Å². The van der Waals surface area contributed by atoms with E-state index < -0.39 is 23.6 Å². The second-order valence-corrected chi connectivity index (χ2v) is 6.88. The first-order chi connectivity index (χ1) is 15.9. The number of hydrogen-bond acceptors (Lipinski definition) is 6. The van der Waals surface area contributed by atoms with Crippen LogP contribution in [0.25, 0.3) is 0 Å². The highest BCUT2D eigenvalue weighted by atomic mass is 35.5. The van der Waals surface area contributed by atoms with Crippen molar-refractivity contribution in [3.8, 4) is 11.5 Å². The summed E-state index contributed by atoms with van der Waals surface area (Å²) in [7, 11) is 1.39. The Labute approximate surface area is 193 Å². The lowest BCUT2D eigenvalue weighted by atomic mass is 10.2. The molecule has 0 spiro atoms. The zero-order chi connectivity index (χ0) is 23.8. The number of hydrazone groups is 1. The van der Waals surface area contributed by atoms with Crippen LogP contribution >= 0.6 is 11.6 Å². The first-order valence-corrected chi connectivity index (χ1v) is 9.80. The van der Waals surface area contributed by atoms with Gasteiger partial charge in [0, 0.05) is 5.02 Å². The molecule has 0 aliphatic rings. The van der Waals surface area contributed by atoms with Crippen molar-refractivity contribution in [2.75, 3.05) is 12.4 Å². The summed E-state index contributed by atoms with van der Waals surface area (Å²) in [6.45, 7) is 0. The Morgan fingerprint density at radius 2 is 1.70 bits per heavy atom. The molecule has 0 bridgehead atoms. The van der Waals surface area contributed by atoms with Crippen molar-refractivity contribution in [2.45, 2.75) is 0 Å². The number of ether oxygens (including phenoxy) is 2. The average Bonchev–Trinajstić information content (AvgIpc) is 2.81. The number of halogens is 2. The first kappa shape index (κ1) is 23.4. The molecule has 0 aliphatic carbocycles. The van der Waals surface area contributed by atoms with Gasteiger partial charge in [-0.2, -0.15) is 5.10 Å². The summed E-state index contributed by atoms with van der Waals surface area (Å²) in [5, 5.41) is 6.33. The largest absolute Gasteiger partial charge is 0.493 e. The fourth-order valence-electron chi connectivity index (χ4n) is 2.55. The van der Waals surface area contributed by atoms with Crippen LogP contribution in [0, 0.1) is 5.82 Å². The smallest absolute Gasteiger partial charge is 0.343 e. The van der Waals surface area contributed by atoms with Crippen molar-refractivity contribution in [2.24, 2.45) is 5.10 Å². The van der Waals surface area contributed by atoms with Gasteiger partial charge in [-0.3, -0.25) is 9.59 Å². The molecule has 0 aliphatic heterocycles. The summed E-state index contributed by atoms with van der Waals surface area (Å²) < 4.78 is 24.1. The molecule has 2 N–H and O–H groups in total. The molecule has 168 valence electrons. The number of amides is 2. The third-order valence-corrected chi connectivity index (χ3v) is 4.43. The van der Waals surface area contributed by atoms with E-state index in [1.807, 2.05) is 5.43 Å². The van der Waals surface area contributed by atoms with E-state index in [9.17, 15) is 18.8 Å². The lowest BCUT2D eigenvalue weighted by Gasteiger charge is -2.10. The normalized spacial score (nSPS) is 10.5. The Balaban J connectivity index is 1.61. The highest BCUT2D eigenvalue weighted by Crippen LogP contribution is 2.28. The van der Waals surface area contributed by atoms with Gasteiger partial charge in [0.2, 0.25) is 0 Å². The fraction of sp³-hybridized carbons (Fsp3) is 0.0435. The minimum Gasteiger partial charge on any atom is -0.493 e. The van der Waals surface area contributed by atoms with E-state index in [2.05, 4.69) is 10.4 Å². The predicted molar refractivity (Wildman–Crippen MR) is 120 cm³/mol. The maximum atomic E-state index is 13.6. The number of esters is 1. The molecule has 0 unspecified atom stereocenters. The number of nitrogens with zero attached hydrogens (tertiary/aromatic N) is 1. The van der Waals surface area contributed by atoms with Crippen LogP contribution in [0.2, 0.25) is 5.02 Å². The molecular formula is C23H17ClFN3O5. The number of methoxy groups -OCH3 is 1. The summed E-state index contributed by atoms with van der Waals surface area (Å²) in [5.74, 6) is -3.03. The minimum atomic E-state index is -1.09. The zero-order valence-corrected chi connectivity index (χ0v) is 17.9. The van der Waals surface area contributed by atoms with E-state index in [1.165, 1.54) is 55.8 Å². The second kappa shape index (κ2) is 10.9. The van der Waals surface area contributed by atoms with Crippen LogP contribution in [-0.2, 0) is 9.59 Å². The molecule has 3 rings (SSSR count). The molecule has 0 atom stereocenters. The lowest BCUT2D eigenvalue weighted by Crippen LogP contribution is -2.32. The van der Waals surface area contributed by atoms with Gasteiger partial charge in [-0.1, -0.05) is 23.7 Å². The Hall–Kier alpha value is -4.24. The number of anilines is 1. The molecule has 10 heteroatoms. The zero-order valence-electron chi connectivity index (χ0n) is 17.2. The highest BCUT2D eigenvalue weighted by molar-refractivity contribution is 6.39. The Morgan fingerprint density at radius 1 is 0.970 bits per heavy atom. The van der Waals surface area contributed by atoms with Crippen molar-refractivity contribution < 1.29 is 28.2 Å². The summed E-state index contributed by atoms with van der Waals surface area (Å²) in [4.78, 5) is 36.0. The summed E-state index contributed by atoms with van der Waals surface area (Å²) >= 11 is 5.81. The molecule has 3 aromatic carbocycles. The van der Waals surface area contributed by atoms with Crippen molar-refractivity contribution in [1.82, 2.24) is 5.43 Å². The standard InChI is InChI=1S/C23H17ClFN3O5/c1-32-20-12-14(6-11-19(20)33-23(31)15-7-9-16(24)10-8-15)13-26-28-22(30)21(29)27-18-5-3-2-4-17(18)25/h2-13H,1H3,(H,27,29)(H,28,30). The van der Waals surface area contributed by atoms with E-state index in [1.54, 1.807) is 18.2 Å². The molecule has 0 saturated heterocycles. The third-order valence-electron chi connectivity index (χ3n) is 4.18. The van der Waals surface area contributed by atoms with Gasteiger partial charge in [-0.05, 0) is 60.2 Å². The fourth-order valence-corrected chi connectivity index (χ4v) is 2.68. The summed E-state index contributed by atoms with van der Waals surface area (Å²) in [6, 6.07) is 16.2. The van der Waals surface area contributed by atoms with Crippen LogP contribution in [0.5, 0.6) is 11.5 Å². The van der Waals surface area contributed by atoms with Gasteiger partial charge in [0.15, 0.2) is 11.5 Å². The van der Waals surface area contributed by atoms with E-state index >= 15 is 0 Å². The number of benzene rings is 3. The SMILES string of the molecule is COc1cc(C=NNC(=O)C(=O)Nc2ccccc2F)ccc1OC(=O)c1ccc(Cl)cc1. The average molecular weight is 470 g/mol. The predicted octanol–water partition coefficient (Wildman–Crippen LogP) is 3.80. The summed E-state index contributed by atoms with van der Waals surface area (Å²) in [6.07, 6.45) is 1.25. The molecule has 2 amide bonds. The van der Waals surface area contributed by atoms with Crippen molar-refractivity contribution in [3.63, 3.8) is 0 Å². The van der Waals surface area contributed by atoms with Gasteiger partial charge in [0.05, 0.1) is 24.6 Å². The molecule has 0 fully saturated rings. The minimum absolute atomic E-state index is 0.130. The van der Waals surface area contributed by atoms with Crippen LogP contribution in [-0.4, -0.2) is 31.1 Å².